The predicted octanol–water partition coefficient (Wildman–Crippen LogP) is 4.10. The van der Waals surface area contributed by atoms with E-state index in [1.807, 2.05) is 36.7 Å². The van der Waals surface area contributed by atoms with Gasteiger partial charge in [0.2, 0.25) is 5.91 Å². The number of thiophene rings is 1. The van der Waals surface area contributed by atoms with E-state index in [4.69, 9.17) is 4.74 Å². The van der Waals surface area contributed by atoms with Crippen LogP contribution in [0.2, 0.25) is 0 Å². The first kappa shape index (κ1) is 23.3. The Morgan fingerprint density at radius 1 is 1.46 bits per heavy atom. The van der Waals surface area contributed by atoms with Crippen LogP contribution >= 0.6 is 27.3 Å². The molecule has 0 radical (unpaired) electrons. The van der Waals surface area contributed by atoms with Crippen molar-refractivity contribution in [1.82, 2.24) is 9.80 Å². The molecule has 1 amide bonds. The van der Waals surface area contributed by atoms with E-state index >= 15 is 0 Å². The zero-order valence-corrected chi connectivity index (χ0v) is 22.0. The minimum Gasteiger partial charge on any atom is -0.504 e. The van der Waals surface area contributed by atoms with Gasteiger partial charge in [-0.3, -0.25) is 9.69 Å². The Morgan fingerprint density at radius 3 is 3.03 bits per heavy atom. The van der Waals surface area contributed by atoms with E-state index in [9.17, 15) is 15.0 Å². The molecule has 35 heavy (non-hydrogen) atoms. The number of phenols is 1. The molecule has 1 spiro atoms. The van der Waals surface area contributed by atoms with Crippen LogP contribution in [0.1, 0.15) is 35.3 Å². The number of hydrogen-bond donors (Lipinski definition) is 2. The fraction of sp³-hybridized carbons (Fsp3) is 0.444. The summed E-state index contributed by atoms with van der Waals surface area (Å²) in [5.41, 5.74) is 0.494. The highest BCUT2D eigenvalue weighted by Gasteiger charge is 2.72. The molecule has 1 saturated carbocycles. The minimum absolute atomic E-state index is 0.0953. The summed E-state index contributed by atoms with van der Waals surface area (Å²) in [5.74, 6) is 0.564. The van der Waals surface area contributed by atoms with Gasteiger partial charge < -0.3 is 19.8 Å². The normalized spacial score (nSPS) is 32.8. The molecule has 2 aliphatic heterocycles. The van der Waals surface area contributed by atoms with Gasteiger partial charge in [0, 0.05) is 58.5 Å². The average Bonchev–Trinajstić information content (AvgIpc) is 3.40. The Bertz CT molecular complexity index is 1240. The molecule has 184 valence electrons. The molecule has 0 unspecified atom stereocenters. The fourth-order valence-electron chi connectivity index (χ4n) is 7.18. The summed E-state index contributed by atoms with van der Waals surface area (Å²) in [7, 11) is 1.81. The van der Waals surface area contributed by atoms with Gasteiger partial charge in [-0.1, -0.05) is 12.1 Å². The summed E-state index contributed by atoms with van der Waals surface area (Å²) >= 11 is 5.02. The summed E-state index contributed by atoms with van der Waals surface area (Å²) in [6.07, 6.45) is 7.56. The number of carbonyl (C=O) groups excluding carboxylic acids is 1. The molecule has 3 heterocycles. The molecule has 2 N–H and O–H groups in total. The number of carbonyl (C=O) groups is 1. The second-order valence-corrected chi connectivity index (χ2v) is 12.1. The van der Waals surface area contributed by atoms with Crippen molar-refractivity contribution in [2.75, 3.05) is 20.1 Å². The number of nitrogens with zero attached hydrogens (tertiary/aromatic N) is 2. The second-order valence-electron chi connectivity index (χ2n) is 10.2. The van der Waals surface area contributed by atoms with E-state index in [1.54, 1.807) is 28.4 Å². The van der Waals surface area contributed by atoms with Crippen LogP contribution in [-0.4, -0.2) is 69.8 Å². The smallest absolute Gasteiger partial charge is 0.246 e. The number of hydrogen-bond acceptors (Lipinski definition) is 6. The maximum Gasteiger partial charge on any atom is 0.246 e. The lowest BCUT2D eigenvalue weighted by Gasteiger charge is -2.64. The molecule has 2 bridgehead atoms. The van der Waals surface area contributed by atoms with Gasteiger partial charge in [0.05, 0.1) is 11.0 Å². The SMILES string of the molecule is C=CCN1CC[C@]23c4c5ccc(O)c4O[C@H]2C[C@H](N(C)C(=O)/C=C/c2cc(Br)cs2)C[C@@]3(O)[C@H]1C5. The highest BCUT2D eigenvalue weighted by molar-refractivity contribution is 9.10. The number of piperidine rings is 1. The third kappa shape index (κ3) is 3.23. The molecule has 4 aliphatic rings. The first-order valence-corrected chi connectivity index (χ1v) is 13.7. The molecule has 6 nitrogen and oxygen atoms in total. The van der Waals surface area contributed by atoms with Crippen LogP contribution < -0.4 is 4.74 Å². The number of rotatable bonds is 5. The first-order chi connectivity index (χ1) is 16.8. The Hall–Kier alpha value is -2.13. The van der Waals surface area contributed by atoms with E-state index in [0.29, 0.717) is 31.6 Å². The molecule has 5 atom stereocenters. The fourth-order valence-corrected chi connectivity index (χ4v) is 8.51. The van der Waals surface area contributed by atoms with Crippen LogP contribution in [0.3, 0.4) is 0 Å². The minimum atomic E-state index is -1.08. The van der Waals surface area contributed by atoms with Gasteiger partial charge in [-0.2, -0.15) is 0 Å². The van der Waals surface area contributed by atoms with Crippen LogP contribution in [0.4, 0.5) is 0 Å². The molecule has 6 rings (SSSR count). The molecule has 2 aliphatic carbocycles. The lowest BCUT2D eigenvalue weighted by Crippen LogP contribution is -2.77. The van der Waals surface area contributed by atoms with E-state index in [0.717, 1.165) is 33.4 Å². The Morgan fingerprint density at radius 2 is 2.29 bits per heavy atom. The standard InChI is InChI=1S/C27H29BrN2O4S/c1-3-9-30-10-8-26-22-13-18(29(2)23(32)7-5-19-12-17(28)15-35-19)14-27(26,33)21(30)11-16-4-6-20(31)25(34-22)24(16)26/h3-7,12,15,18,21-22,31,33H,1,8-11,13-14H2,2H3/b7-5+/t18-,21+,22-,26+,27+/m0/s1. The molecule has 1 aromatic heterocycles. The average molecular weight is 558 g/mol. The van der Waals surface area contributed by atoms with Gasteiger partial charge in [-0.25, -0.2) is 0 Å². The molecule has 2 fully saturated rings. The van der Waals surface area contributed by atoms with Crippen molar-refractivity contribution >= 4 is 39.2 Å². The van der Waals surface area contributed by atoms with Crippen molar-refractivity contribution in [3.8, 4) is 11.5 Å². The number of aromatic hydroxyl groups is 1. The van der Waals surface area contributed by atoms with Crippen LogP contribution in [0.5, 0.6) is 11.5 Å². The van der Waals surface area contributed by atoms with Gasteiger partial charge >= 0.3 is 0 Å². The van der Waals surface area contributed by atoms with Crippen molar-refractivity contribution in [1.29, 1.82) is 0 Å². The van der Waals surface area contributed by atoms with Crippen LogP contribution in [0, 0.1) is 0 Å². The monoisotopic (exact) mass is 556 g/mol. The topological polar surface area (TPSA) is 73.2 Å². The second kappa shape index (κ2) is 8.20. The third-order valence-electron chi connectivity index (χ3n) is 8.72. The predicted molar refractivity (Wildman–Crippen MR) is 140 cm³/mol. The van der Waals surface area contributed by atoms with Crippen molar-refractivity contribution in [2.24, 2.45) is 0 Å². The number of likely N-dealkylation sites (tertiary alicyclic amines) is 1. The molecule has 1 saturated heterocycles. The number of likely N-dealkylation sites (N-methyl/N-ethyl adjacent to an activating group) is 1. The van der Waals surface area contributed by atoms with Crippen LogP contribution in [-0.2, 0) is 16.6 Å². The van der Waals surface area contributed by atoms with Gasteiger partial charge in [0.15, 0.2) is 11.5 Å². The number of phenolic OH excluding ortho intramolecular Hbond substituents is 1. The summed E-state index contributed by atoms with van der Waals surface area (Å²) < 4.78 is 7.45. The number of amides is 1. The van der Waals surface area contributed by atoms with Gasteiger partial charge in [0.1, 0.15) is 6.10 Å². The number of benzene rings is 1. The van der Waals surface area contributed by atoms with Crippen molar-refractivity contribution in [3.05, 3.63) is 62.8 Å². The summed E-state index contributed by atoms with van der Waals surface area (Å²) in [5, 5.41) is 25.3. The molecular weight excluding hydrogens is 528 g/mol. The van der Waals surface area contributed by atoms with Crippen molar-refractivity contribution in [3.63, 3.8) is 0 Å². The van der Waals surface area contributed by atoms with E-state index < -0.39 is 11.0 Å². The summed E-state index contributed by atoms with van der Waals surface area (Å²) in [4.78, 5) is 18.2. The first-order valence-electron chi connectivity index (χ1n) is 12.1. The maximum atomic E-state index is 13.2. The summed E-state index contributed by atoms with van der Waals surface area (Å²) in [6, 6.07) is 5.39. The highest BCUT2D eigenvalue weighted by Crippen LogP contribution is 2.65. The van der Waals surface area contributed by atoms with Gasteiger partial charge in [0.25, 0.3) is 0 Å². The molecule has 1 aromatic carbocycles. The molecular formula is C27H29BrN2O4S. The lowest BCUT2D eigenvalue weighted by molar-refractivity contribution is -0.196. The highest BCUT2D eigenvalue weighted by atomic mass is 79.9. The van der Waals surface area contributed by atoms with Gasteiger partial charge in [-0.15, -0.1) is 17.9 Å². The quantitative estimate of drug-likeness (QED) is 0.428. The van der Waals surface area contributed by atoms with Crippen LogP contribution in [0.15, 0.2) is 46.8 Å². The number of aliphatic hydroxyl groups is 1. The van der Waals surface area contributed by atoms with Crippen LogP contribution in [0.25, 0.3) is 6.08 Å². The maximum absolute atomic E-state index is 13.2. The van der Waals surface area contributed by atoms with Crippen molar-refractivity contribution in [2.45, 2.75) is 54.9 Å². The van der Waals surface area contributed by atoms with E-state index in [-0.39, 0.29) is 29.8 Å². The van der Waals surface area contributed by atoms with E-state index in [1.165, 1.54) is 0 Å². The zero-order valence-electron chi connectivity index (χ0n) is 19.6. The molecule has 8 heteroatoms. The third-order valence-corrected chi connectivity index (χ3v) is 10.4. The van der Waals surface area contributed by atoms with E-state index in [2.05, 4.69) is 27.4 Å². The number of ether oxygens (including phenoxy) is 1. The summed E-state index contributed by atoms with van der Waals surface area (Å²) in [6.45, 7) is 5.48. The van der Waals surface area contributed by atoms with Gasteiger partial charge in [-0.05, 0) is 65.5 Å². The molecule has 2 aromatic rings. The Kier molecular flexibility index (Phi) is 5.45. The largest absolute Gasteiger partial charge is 0.504 e. The Balaban J connectivity index is 1.37. The van der Waals surface area contributed by atoms with Crippen molar-refractivity contribution < 1.29 is 19.7 Å². The zero-order chi connectivity index (χ0) is 24.5. The lowest BCUT2D eigenvalue weighted by atomic mass is 9.48. The number of halogens is 1. The Labute approximate surface area is 217 Å².